The van der Waals surface area contributed by atoms with Crippen LogP contribution in [0.3, 0.4) is 0 Å². The van der Waals surface area contributed by atoms with Crippen molar-refractivity contribution in [3.05, 3.63) is 68.7 Å². The lowest BCUT2D eigenvalue weighted by atomic mass is 10.0. The van der Waals surface area contributed by atoms with Gasteiger partial charge in [0.2, 0.25) is 11.8 Å². The van der Waals surface area contributed by atoms with Crippen molar-refractivity contribution in [2.75, 3.05) is 20.2 Å². The number of carbonyl (C=O) groups is 1. The monoisotopic (exact) mass is 580 g/mol. The first-order valence-corrected chi connectivity index (χ1v) is 14.6. The first kappa shape index (κ1) is 28.8. The number of benzene rings is 1. The Morgan fingerprint density at radius 1 is 1.17 bits per heavy atom. The normalized spacial score (nSPS) is 15.4. The predicted octanol–water partition coefficient (Wildman–Crippen LogP) is 4.72. The van der Waals surface area contributed by atoms with E-state index in [-0.39, 0.29) is 24.1 Å². The Bertz CT molecular complexity index is 1650. The SMILES string of the molecule is COc1ccc(C(Cn2c(=O)n(C(C)(C)C)c(=O)c3c(C)c(-c4ncco4)sc32)OC2CCN(C(C)=O)CC2)cc1. The molecule has 0 saturated carbocycles. The first-order valence-electron chi connectivity index (χ1n) is 13.7. The summed E-state index contributed by atoms with van der Waals surface area (Å²) in [7, 11) is 1.61. The molecule has 0 aliphatic carbocycles. The van der Waals surface area contributed by atoms with Gasteiger partial charge < -0.3 is 18.8 Å². The molecule has 1 amide bonds. The molecule has 1 fully saturated rings. The molecule has 0 radical (unpaired) electrons. The van der Waals surface area contributed by atoms with E-state index in [4.69, 9.17) is 13.9 Å². The standard InChI is InChI=1S/C30H36N4O6S/c1-18-24-27(36)34(30(3,4)5)29(37)33(28(24)41-25(18)26-31-13-16-39-26)17-23(20-7-9-21(38-6)10-8-20)40-22-11-14-32(15-12-22)19(2)35/h7-10,13,16,22-23H,11-12,14-15,17H2,1-6H3. The Kier molecular flexibility index (Phi) is 7.93. The molecule has 1 atom stereocenters. The number of carbonyl (C=O) groups excluding carboxylic acids is 1. The minimum atomic E-state index is -0.752. The Labute approximate surface area is 242 Å². The van der Waals surface area contributed by atoms with Crippen molar-refractivity contribution in [1.29, 1.82) is 0 Å². The number of hydrogen-bond donors (Lipinski definition) is 0. The van der Waals surface area contributed by atoms with Gasteiger partial charge in [-0.25, -0.2) is 9.78 Å². The van der Waals surface area contributed by atoms with Crippen molar-refractivity contribution >= 4 is 27.5 Å². The molecule has 4 heterocycles. The highest BCUT2D eigenvalue weighted by Crippen LogP contribution is 2.37. The number of methoxy groups -OCH3 is 1. The molecule has 3 aromatic heterocycles. The highest BCUT2D eigenvalue weighted by Gasteiger charge is 2.30. The Balaban J connectivity index is 1.63. The summed E-state index contributed by atoms with van der Waals surface area (Å²) in [5.41, 5.74) is 0.122. The van der Waals surface area contributed by atoms with Crippen LogP contribution in [-0.2, 0) is 21.6 Å². The van der Waals surface area contributed by atoms with Crippen LogP contribution in [0.1, 0.15) is 57.8 Å². The summed E-state index contributed by atoms with van der Waals surface area (Å²) in [6, 6.07) is 7.62. The zero-order valence-electron chi connectivity index (χ0n) is 24.3. The zero-order chi connectivity index (χ0) is 29.5. The van der Waals surface area contributed by atoms with Crippen LogP contribution in [0.25, 0.3) is 21.0 Å². The fraction of sp³-hybridized carbons (Fsp3) is 0.467. The summed E-state index contributed by atoms with van der Waals surface area (Å²) in [5.74, 6) is 1.18. The van der Waals surface area contributed by atoms with Crippen molar-refractivity contribution in [2.24, 2.45) is 0 Å². The van der Waals surface area contributed by atoms with E-state index in [2.05, 4.69) is 4.98 Å². The van der Waals surface area contributed by atoms with Crippen LogP contribution in [0, 0.1) is 6.92 Å². The third-order valence-corrected chi connectivity index (χ3v) is 8.89. The van der Waals surface area contributed by atoms with Gasteiger partial charge >= 0.3 is 5.69 Å². The number of aromatic nitrogens is 3. The smallest absolute Gasteiger partial charge is 0.332 e. The number of hydrogen-bond acceptors (Lipinski definition) is 8. The minimum Gasteiger partial charge on any atom is -0.497 e. The molecule has 5 rings (SSSR count). The van der Waals surface area contributed by atoms with Crippen molar-refractivity contribution < 1.29 is 18.7 Å². The number of rotatable bonds is 7. The van der Waals surface area contributed by atoms with Crippen molar-refractivity contribution in [2.45, 2.75) is 71.8 Å². The lowest BCUT2D eigenvalue weighted by molar-refractivity contribution is -0.132. The fourth-order valence-electron chi connectivity index (χ4n) is 5.39. The van der Waals surface area contributed by atoms with Gasteiger partial charge in [-0.3, -0.25) is 18.7 Å². The van der Waals surface area contributed by atoms with Crippen LogP contribution in [0.2, 0.25) is 0 Å². The van der Waals surface area contributed by atoms with E-state index in [1.54, 1.807) is 24.8 Å². The molecule has 1 unspecified atom stereocenters. The maximum absolute atomic E-state index is 14.1. The van der Waals surface area contributed by atoms with Crippen LogP contribution in [0.15, 0.2) is 50.7 Å². The largest absolute Gasteiger partial charge is 0.497 e. The molecule has 1 aliphatic heterocycles. The molecule has 218 valence electrons. The number of oxazole rings is 1. The van der Waals surface area contributed by atoms with Gasteiger partial charge in [0.05, 0.1) is 36.2 Å². The molecule has 0 spiro atoms. The number of amides is 1. The number of likely N-dealkylation sites (tertiary alicyclic amines) is 1. The highest BCUT2D eigenvalue weighted by atomic mass is 32.1. The first-order chi connectivity index (χ1) is 19.5. The maximum Gasteiger partial charge on any atom is 0.332 e. The summed E-state index contributed by atoms with van der Waals surface area (Å²) in [4.78, 5) is 47.2. The molecule has 4 aromatic rings. The van der Waals surface area contributed by atoms with E-state index >= 15 is 0 Å². The fourth-order valence-corrected chi connectivity index (χ4v) is 6.63. The molecule has 1 aromatic carbocycles. The molecular weight excluding hydrogens is 544 g/mol. The van der Waals surface area contributed by atoms with E-state index in [1.165, 1.54) is 22.2 Å². The molecule has 0 bridgehead atoms. The number of thiophene rings is 1. The van der Waals surface area contributed by atoms with Crippen molar-refractivity contribution in [3.63, 3.8) is 0 Å². The molecule has 1 aliphatic rings. The Morgan fingerprint density at radius 3 is 2.41 bits per heavy atom. The van der Waals surface area contributed by atoms with Crippen LogP contribution in [-0.4, -0.2) is 51.2 Å². The van der Waals surface area contributed by atoms with Crippen molar-refractivity contribution in [3.8, 4) is 16.5 Å². The molecule has 10 nitrogen and oxygen atoms in total. The average Bonchev–Trinajstić information content (AvgIpc) is 3.58. The second-order valence-electron chi connectivity index (χ2n) is 11.4. The highest BCUT2D eigenvalue weighted by molar-refractivity contribution is 7.22. The van der Waals surface area contributed by atoms with Crippen LogP contribution < -0.4 is 16.0 Å². The van der Waals surface area contributed by atoms with E-state index < -0.39 is 17.3 Å². The van der Waals surface area contributed by atoms with Gasteiger partial charge in [0.25, 0.3) is 5.56 Å². The summed E-state index contributed by atoms with van der Waals surface area (Å²) < 4.78 is 20.6. The molecule has 0 N–H and O–H groups in total. The topological polar surface area (TPSA) is 109 Å². The summed E-state index contributed by atoms with van der Waals surface area (Å²) in [6.45, 7) is 10.4. The van der Waals surface area contributed by atoms with Gasteiger partial charge in [0, 0.05) is 25.6 Å². The van der Waals surface area contributed by atoms with E-state index in [0.717, 1.165) is 11.1 Å². The summed E-state index contributed by atoms with van der Waals surface area (Å²) in [5, 5.41) is 0.473. The second kappa shape index (κ2) is 11.3. The Morgan fingerprint density at radius 2 is 1.85 bits per heavy atom. The van der Waals surface area contributed by atoms with E-state index in [9.17, 15) is 14.4 Å². The van der Waals surface area contributed by atoms with Crippen LogP contribution >= 0.6 is 11.3 Å². The zero-order valence-corrected chi connectivity index (χ0v) is 25.1. The molecule has 41 heavy (non-hydrogen) atoms. The lowest BCUT2D eigenvalue weighted by Crippen LogP contribution is -2.48. The second-order valence-corrected chi connectivity index (χ2v) is 12.4. The van der Waals surface area contributed by atoms with Gasteiger partial charge in [-0.1, -0.05) is 12.1 Å². The number of aryl methyl sites for hydroxylation is 1. The van der Waals surface area contributed by atoms with Gasteiger partial charge in [-0.15, -0.1) is 11.3 Å². The third-order valence-electron chi connectivity index (χ3n) is 7.59. The van der Waals surface area contributed by atoms with E-state index in [0.29, 0.717) is 52.7 Å². The number of piperidine rings is 1. The molecular formula is C30H36N4O6S. The third kappa shape index (κ3) is 5.60. The van der Waals surface area contributed by atoms with Gasteiger partial charge in [0.1, 0.15) is 22.9 Å². The summed E-state index contributed by atoms with van der Waals surface area (Å²) in [6.07, 6.45) is 3.86. The summed E-state index contributed by atoms with van der Waals surface area (Å²) >= 11 is 1.32. The number of nitrogens with zero attached hydrogens (tertiary/aromatic N) is 4. The number of fused-ring (bicyclic) bond motifs is 1. The molecule has 1 saturated heterocycles. The Hall–Kier alpha value is -3.70. The predicted molar refractivity (Wildman–Crippen MR) is 158 cm³/mol. The number of ether oxygens (including phenoxy) is 2. The quantitative estimate of drug-likeness (QED) is 0.311. The maximum atomic E-state index is 14.1. The lowest BCUT2D eigenvalue weighted by Gasteiger charge is -2.34. The molecule has 11 heteroatoms. The minimum absolute atomic E-state index is 0.0588. The van der Waals surface area contributed by atoms with Gasteiger partial charge in [-0.2, -0.15) is 0 Å². The van der Waals surface area contributed by atoms with Crippen LogP contribution in [0.4, 0.5) is 0 Å². The van der Waals surface area contributed by atoms with Crippen LogP contribution in [0.5, 0.6) is 5.75 Å². The van der Waals surface area contributed by atoms with Gasteiger partial charge in [-0.05, 0) is 63.8 Å². The average molecular weight is 581 g/mol. The van der Waals surface area contributed by atoms with E-state index in [1.807, 2.05) is 56.9 Å². The van der Waals surface area contributed by atoms with Crippen molar-refractivity contribution in [1.82, 2.24) is 19.0 Å². The van der Waals surface area contributed by atoms with Gasteiger partial charge in [0.15, 0.2) is 0 Å².